The maximum atomic E-state index is 12.4. The second-order valence-electron chi connectivity index (χ2n) is 3.12. The normalized spacial score (nSPS) is 11.8. The maximum absolute atomic E-state index is 12.4. The first kappa shape index (κ1) is 10.6. The third-order valence-corrected chi connectivity index (χ3v) is 1.87. The van der Waals surface area contributed by atoms with Crippen molar-refractivity contribution in [2.24, 2.45) is 0 Å². The third-order valence-electron chi connectivity index (χ3n) is 1.87. The van der Waals surface area contributed by atoms with E-state index in [1.165, 1.54) is 23.1 Å². The van der Waals surface area contributed by atoms with Gasteiger partial charge in [0, 0.05) is 0 Å². The molecule has 7 heteroatoms. The van der Waals surface area contributed by atoms with Gasteiger partial charge in [0.25, 0.3) is 0 Å². The number of hydrogen-bond donors (Lipinski definition) is 0. The Hall–Kier alpha value is -1.92. The van der Waals surface area contributed by atoms with Crippen molar-refractivity contribution in [3.8, 4) is 5.82 Å². The number of aryl methyl sites for hydroxylation is 1. The van der Waals surface area contributed by atoms with E-state index in [2.05, 4.69) is 15.1 Å². The lowest BCUT2D eigenvalue weighted by atomic mass is 10.3. The number of hydrogen-bond acceptors (Lipinski definition) is 3. The molecular formula is C9H7F3N4. The Kier molecular flexibility index (Phi) is 2.37. The molecule has 84 valence electrons. The molecule has 0 fully saturated rings. The van der Waals surface area contributed by atoms with Crippen LogP contribution in [-0.4, -0.2) is 19.7 Å². The van der Waals surface area contributed by atoms with Crippen molar-refractivity contribution in [2.45, 2.75) is 13.1 Å². The molecule has 16 heavy (non-hydrogen) atoms. The van der Waals surface area contributed by atoms with E-state index in [4.69, 9.17) is 0 Å². The summed E-state index contributed by atoms with van der Waals surface area (Å²) < 4.78 is 38.3. The van der Waals surface area contributed by atoms with Gasteiger partial charge in [0.2, 0.25) is 0 Å². The summed E-state index contributed by atoms with van der Waals surface area (Å²) >= 11 is 0. The van der Waals surface area contributed by atoms with Crippen LogP contribution in [0, 0.1) is 6.92 Å². The van der Waals surface area contributed by atoms with E-state index in [-0.39, 0.29) is 5.82 Å². The zero-order valence-electron chi connectivity index (χ0n) is 8.23. The van der Waals surface area contributed by atoms with Crippen LogP contribution < -0.4 is 0 Å². The average molecular weight is 228 g/mol. The van der Waals surface area contributed by atoms with E-state index in [9.17, 15) is 13.2 Å². The summed E-state index contributed by atoms with van der Waals surface area (Å²) in [5.41, 5.74) is -0.946. The Morgan fingerprint density at radius 1 is 1.25 bits per heavy atom. The monoisotopic (exact) mass is 228 g/mol. The van der Waals surface area contributed by atoms with Gasteiger partial charge in [-0.25, -0.2) is 14.6 Å². The van der Waals surface area contributed by atoms with Crippen LogP contribution in [0.25, 0.3) is 5.82 Å². The molecule has 0 atom stereocenters. The molecule has 0 radical (unpaired) electrons. The van der Waals surface area contributed by atoms with Crippen molar-refractivity contribution in [2.75, 3.05) is 0 Å². The fourth-order valence-corrected chi connectivity index (χ4v) is 1.16. The first-order valence-electron chi connectivity index (χ1n) is 4.40. The van der Waals surface area contributed by atoms with Gasteiger partial charge >= 0.3 is 6.18 Å². The van der Waals surface area contributed by atoms with E-state index in [1.807, 2.05) is 0 Å². The molecule has 0 saturated heterocycles. The highest BCUT2D eigenvalue weighted by molar-refractivity contribution is 5.24. The van der Waals surface area contributed by atoms with Crippen molar-refractivity contribution in [1.29, 1.82) is 0 Å². The largest absolute Gasteiger partial charge is 0.433 e. The first-order chi connectivity index (χ1) is 7.47. The van der Waals surface area contributed by atoms with Crippen LogP contribution >= 0.6 is 0 Å². The molecule has 2 aromatic rings. The number of alkyl halides is 3. The van der Waals surface area contributed by atoms with E-state index < -0.39 is 11.9 Å². The lowest BCUT2D eigenvalue weighted by molar-refractivity contribution is -0.141. The van der Waals surface area contributed by atoms with E-state index in [1.54, 1.807) is 6.92 Å². The molecule has 2 rings (SSSR count). The van der Waals surface area contributed by atoms with Gasteiger partial charge in [-0.2, -0.15) is 18.3 Å². The molecule has 0 amide bonds. The van der Waals surface area contributed by atoms with Crippen LogP contribution in [0.4, 0.5) is 13.2 Å². The molecule has 0 spiro atoms. The standard InChI is InChI=1S/C9H7F3N4/c1-6-13-5-16(15-6)8-4-2-3-7(14-8)9(10,11)12/h2-5H,1H3. The fourth-order valence-electron chi connectivity index (χ4n) is 1.16. The highest BCUT2D eigenvalue weighted by Gasteiger charge is 2.32. The quantitative estimate of drug-likeness (QED) is 0.749. The summed E-state index contributed by atoms with van der Waals surface area (Å²) in [4.78, 5) is 7.28. The first-order valence-corrected chi connectivity index (χ1v) is 4.40. The molecule has 0 aliphatic heterocycles. The number of rotatable bonds is 1. The predicted octanol–water partition coefficient (Wildman–Crippen LogP) is 1.99. The van der Waals surface area contributed by atoms with E-state index in [0.717, 1.165) is 6.07 Å². The molecular weight excluding hydrogens is 221 g/mol. The SMILES string of the molecule is Cc1ncn(-c2cccc(C(F)(F)F)n2)n1. The Balaban J connectivity index is 2.44. The lowest BCUT2D eigenvalue weighted by Crippen LogP contribution is -2.10. The minimum Gasteiger partial charge on any atom is -0.224 e. The second kappa shape index (κ2) is 3.58. The minimum atomic E-state index is -4.45. The summed E-state index contributed by atoms with van der Waals surface area (Å²) in [7, 11) is 0. The summed E-state index contributed by atoms with van der Waals surface area (Å²) in [6.07, 6.45) is -3.14. The molecule has 2 heterocycles. The van der Waals surface area contributed by atoms with Crippen molar-refractivity contribution in [3.05, 3.63) is 36.0 Å². The van der Waals surface area contributed by atoms with E-state index in [0.29, 0.717) is 5.82 Å². The summed E-state index contributed by atoms with van der Waals surface area (Å²) in [5, 5.41) is 3.88. The van der Waals surface area contributed by atoms with Crippen molar-refractivity contribution in [3.63, 3.8) is 0 Å². The van der Waals surface area contributed by atoms with Crippen molar-refractivity contribution < 1.29 is 13.2 Å². The van der Waals surface area contributed by atoms with Crippen LogP contribution in [0.5, 0.6) is 0 Å². The van der Waals surface area contributed by atoms with Gasteiger partial charge in [0.05, 0.1) is 0 Å². The summed E-state index contributed by atoms with van der Waals surface area (Å²) in [5.74, 6) is 0.564. The van der Waals surface area contributed by atoms with Gasteiger partial charge in [-0.15, -0.1) is 0 Å². The fraction of sp³-hybridized carbons (Fsp3) is 0.222. The zero-order chi connectivity index (χ0) is 11.8. The Morgan fingerprint density at radius 3 is 2.56 bits per heavy atom. The van der Waals surface area contributed by atoms with Crippen molar-refractivity contribution in [1.82, 2.24) is 19.7 Å². The Morgan fingerprint density at radius 2 is 2.00 bits per heavy atom. The van der Waals surface area contributed by atoms with Crippen LogP contribution in [-0.2, 0) is 6.18 Å². The maximum Gasteiger partial charge on any atom is 0.433 e. The second-order valence-corrected chi connectivity index (χ2v) is 3.12. The molecule has 0 aromatic carbocycles. The van der Waals surface area contributed by atoms with Gasteiger partial charge in [0.1, 0.15) is 17.8 Å². The Bertz CT molecular complexity index is 503. The Labute approximate surface area is 88.8 Å². The van der Waals surface area contributed by atoms with Gasteiger partial charge < -0.3 is 0 Å². The number of nitrogens with zero attached hydrogens (tertiary/aromatic N) is 4. The lowest BCUT2D eigenvalue weighted by Gasteiger charge is -2.06. The molecule has 0 unspecified atom stereocenters. The van der Waals surface area contributed by atoms with Crippen LogP contribution in [0.3, 0.4) is 0 Å². The molecule has 0 aliphatic carbocycles. The number of halogens is 3. The van der Waals surface area contributed by atoms with Crippen LogP contribution in [0.15, 0.2) is 24.5 Å². The highest BCUT2D eigenvalue weighted by atomic mass is 19.4. The molecule has 0 aliphatic rings. The minimum absolute atomic E-state index is 0.0930. The van der Waals surface area contributed by atoms with Gasteiger partial charge in [-0.3, -0.25) is 0 Å². The van der Waals surface area contributed by atoms with E-state index >= 15 is 0 Å². The van der Waals surface area contributed by atoms with Crippen molar-refractivity contribution >= 4 is 0 Å². The summed E-state index contributed by atoms with van der Waals surface area (Å²) in [6.45, 7) is 1.64. The molecule has 0 saturated carbocycles. The smallest absolute Gasteiger partial charge is 0.224 e. The predicted molar refractivity (Wildman–Crippen MR) is 48.9 cm³/mol. The van der Waals surface area contributed by atoms with Gasteiger partial charge in [-0.05, 0) is 19.1 Å². The summed E-state index contributed by atoms with van der Waals surface area (Å²) in [6, 6.07) is 3.62. The van der Waals surface area contributed by atoms with Gasteiger partial charge in [-0.1, -0.05) is 6.07 Å². The average Bonchev–Trinajstić information content (AvgIpc) is 2.64. The van der Waals surface area contributed by atoms with Crippen LogP contribution in [0.1, 0.15) is 11.5 Å². The molecule has 4 nitrogen and oxygen atoms in total. The van der Waals surface area contributed by atoms with Gasteiger partial charge in [0.15, 0.2) is 5.82 Å². The molecule has 0 N–H and O–H groups in total. The number of pyridine rings is 1. The topological polar surface area (TPSA) is 43.6 Å². The highest BCUT2D eigenvalue weighted by Crippen LogP contribution is 2.27. The van der Waals surface area contributed by atoms with Crippen LogP contribution in [0.2, 0.25) is 0 Å². The molecule has 2 aromatic heterocycles. The third kappa shape index (κ3) is 2.02. The zero-order valence-corrected chi connectivity index (χ0v) is 8.23. The number of aromatic nitrogens is 4. The molecule has 0 bridgehead atoms.